The van der Waals surface area contributed by atoms with E-state index in [-0.39, 0.29) is 59.1 Å². The van der Waals surface area contributed by atoms with Crippen molar-refractivity contribution in [2.24, 2.45) is 0 Å². The van der Waals surface area contributed by atoms with Crippen molar-refractivity contribution in [3.05, 3.63) is 0 Å². The van der Waals surface area contributed by atoms with Crippen molar-refractivity contribution in [3.63, 3.8) is 0 Å². The largest absolute Gasteiger partial charge is 1.00 e. The summed E-state index contributed by atoms with van der Waals surface area (Å²) in [5.41, 5.74) is 0. The minimum Gasteiger partial charge on any atom is -0.715 e. The van der Waals surface area contributed by atoms with Crippen LogP contribution in [0, 0.1) is 0 Å². The quantitative estimate of drug-likeness (QED) is 0.144. The molecule has 0 radical (unpaired) electrons. The van der Waals surface area contributed by atoms with Crippen LogP contribution in [0.2, 0.25) is 0 Å². The molecule has 5 heteroatoms. The van der Waals surface area contributed by atoms with Crippen molar-refractivity contribution >= 4 is 6.47 Å². The molecule has 0 spiro atoms. The maximum absolute atomic E-state index is 8.51. The normalized spacial score (nSPS) is 3.50. The van der Waals surface area contributed by atoms with Crippen LogP contribution in [0.3, 0.4) is 0 Å². The molecule has 3 nitrogen and oxygen atoms in total. The Bertz CT molecular complexity index is 22.8. The van der Waals surface area contributed by atoms with Gasteiger partial charge in [0, 0.05) is 0 Å². The molecule has 0 aromatic carbocycles. The van der Waals surface area contributed by atoms with Gasteiger partial charge in [-0.25, -0.2) is 0 Å². The van der Waals surface area contributed by atoms with Crippen molar-refractivity contribution in [2.45, 2.75) is 0 Å². The van der Waals surface area contributed by atoms with Crippen LogP contribution in [-0.2, 0) is 9.68 Å². The number of hydrogen-bond acceptors (Lipinski definition) is 3. The third-order valence-electron chi connectivity index (χ3n) is 0.0340. The summed E-state index contributed by atoms with van der Waals surface area (Å²) >= 11 is 0. The SMILES string of the molecule is O=[C-]O[O-].[Na+].[Na+]. The Hall–Kier alpha value is 1.43. The molecule has 0 saturated heterocycles. The summed E-state index contributed by atoms with van der Waals surface area (Å²) in [6.07, 6.45) is 0. The van der Waals surface area contributed by atoms with Gasteiger partial charge in [-0.2, -0.15) is 0 Å². The monoisotopic (exact) mass is 106 g/mol. The van der Waals surface area contributed by atoms with E-state index in [0.717, 1.165) is 0 Å². The van der Waals surface area contributed by atoms with Crippen LogP contribution < -0.4 is 64.4 Å². The van der Waals surface area contributed by atoms with Crippen LogP contribution in [0.5, 0.6) is 0 Å². The molecule has 0 amide bonds. The topological polar surface area (TPSA) is 49.4 Å². The van der Waals surface area contributed by atoms with Gasteiger partial charge in [-0.05, 0) is 0 Å². The minimum absolute atomic E-state index is 0. The van der Waals surface area contributed by atoms with Crippen molar-refractivity contribution in [2.75, 3.05) is 0 Å². The maximum atomic E-state index is 8.51. The first-order chi connectivity index (χ1) is 1.91. The molecule has 0 saturated carbocycles. The molecular formula is CNa2O3. The molecule has 0 aromatic rings. The van der Waals surface area contributed by atoms with E-state index in [0.29, 0.717) is 6.47 Å². The third-order valence-corrected chi connectivity index (χ3v) is 0.0340. The van der Waals surface area contributed by atoms with Crippen LogP contribution in [0.1, 0.15) is 0 Å². The van der Waals surface area contributed by atoms with E-state index >= 15 is 0 Å². The van der Waals surface area contributed by atoms with Crippen molar-refractivity contribution in [3.8, 4) is 0 Å². The standard InChI is InChI=1S/CHO3.2Na/c2-1-4-3;;/h3H;;/q-1;2*+1/p-1. The summed E-state index contributed by atoms with van der Waals surface area (Å²) in [7, 11) is 0. The molecular weight excluding hydrogens is 106 g/mol. The zero-order valence-corrected chi connectivity index (χ0v) is 7.72. The van der Waals surface area contributed by atoms with Gasteiger partial charge in [-0.15, -0.1) is 0 Å². The Morgan fingerprint density at radius 1 is 1.50 bits per heavy atom. The average molecular weight is 106 g/mol. The van der Waals surface area contributed by atoms with E-state index in [1.165, 1.54) is 0 Å². The fraction of sp³-hybridized carbons (Fsp3) is 0. The Labute approximate surface area is 79.6 Å². The molecule has 0 heterocycles. The molecule has 0 aliphatic heterocycles. The van der Waals surface area contributed by atoms with Gasteiger partial charge < -0.3 is 14.9 Å². The predicted molar refractivity (Wildman–Crippen MR) is 6.78 cm³/mol. The molecule has 0 aliphatic rings. The van der Waals surface area contributed by atoms with Crippen LogP contribution in [0.15, 0.2) is 0 Å². The summed E-state index contributed by atoms with van der Waals surface area (Å²) < 4.78 is 0. The van der Waals surface area contributed by atoms with Crippen LogP contribution in [-0.4, -0.2) is 6.47 Å². The predicted octanol–water partition coefficient (Wildman–Crippen LogP) is -7.65. The Morgan fingerprint density at radius 2 is 1.67 bits per heavy atom. The van der Waals surface area contributed by atoms with E-state index in [9.17, 15) is 0 Å². The van der Waals surface area contributed by atoms with E-state index in [2.05, 4.69) is 4.89 Å². The number of rotatable bonds is 1. The Morgan fingerprint density at radius 3 is 1.67 bits per heavy atom. The average Bonchev–Trinajstić information content (AvgIpc) is 1.37. The zero-order valence-electron chi connectivity index (χ0n) is 3.72. The fourth-order valence-electron chi connectivity index (χ4n) is 0. The zero-order chi connectivity index (χ0) is 3.41. The number of carbonyl (C=O) groups excluding carboxylic acids is 1. The molecule has 0 fully saturated rings. The molecule has 0 unspecified atom stereocenters. The van der Waals surface area contributed by atoms with Crippen molar-refractivity contribution in [1.82, 2.24) is 0 Å². The molecule has 0 rings (SSSR count). The second-order valence-corrected chi connectivity index (χ2v) is 0.167. The van der Waals surface area contributed by atoms with Crippen molar-refractivity contribution in [1.29, 1.82) is 0 Å². The minimum atomic E-state index is 0. The fourth-order valence-corrected chi connectivity index (χ4v) is 0. The van der Waals surface area contributed by atoms with Crippen LogP contribution in [0.4, 0.5) is 0 Å². The van der Waals surface area contributed by atoms with Gasteiger partial charge in [0.1, 0.15) is 0 Å². The molecule has 0 aliphatic carbocycles. The summed E-state index contributed by atoms with van der Waals surface area (Å²) in [4.78, 5) is 11.0. The summed E-state index contributed by atoms with van der Waals surface area (Å²) in [6.45, 7) is 0.625. The van der Waals surface area contributed by atoms with E-state index in [1.807, 2.05) is 0 Å². The Kier molecular flexibility index (Phi) is 42.0. The van der Waals surface area contributed by atoms with Gasteiger partial charge >= 0.3 is 59.1 Å². The first kappa shape index (κ1) is 15.7. The molecule has 0 bridgehead atoms. The van der Waals surface area contributed by atoms with Gasteiger partial charge in [0.05, 0.1) is 0 Å². The smallest absolute Gasteiger partial charge is 0.715 e. The van der Waals surface area contributed by atoms with Gasteiger partial charge in [0.25, 0.3) is 0 Å². The first-order valence-electron chi connectivity index (χ1n) is 0.575. The first-order valence-corrected chi connectivity index (χ1v) is 0.575. The summed E-state index contributed by atoms with van der Waals surface area (Å²) in [6, 6.07) is 0. The van der Waals surface area contributed by atoms with Gasteiger partial charge in [-0.3, -0.25) is 0 Å². The van der Waals surface area contributed by atoms with E-state index in [1.54, 1.807) is 0 Å². The molecule has 0 N–H and O–H groups in total. The summed E-state index contributed by atoms with van der Waals surface area (Å²) in [5, 5.41) is 8.38. The Balaban J connectivity index is -0.0000000450. The van der Waals surface area contributed by atoms with Gasteiger partial charge in [0.15, 0.2) is 0 Å². The van der Waals surface area contributed by atoms with E-state index < -0.39 is 0 Å². The molecule has 6 heavy (non-hydrogen) atoms. The molecule has 0 aromatic heterocycles. The third kappa shape index (κ3) is 18.0. The maximum Gasteiger partial charge on any atom is 1.00 e. The van der Waals surface area contributed by atoms with Gasteiger partial charge in [-0.1, -0.05) is 6.47 Å². The van der Waals surface area contributed by atoms with Crippen molar-refractivity contribution < 1.29 is 74.1 Å². The van der Waals surface area contributed by atoms with Crippen LogP contribution in [0.25, 0.3) is 0 Å². The molecule has 0 atom stereocenters. The number of hydrogen-bond donors (Lipinski definition) is 0. The molecule has 24 valence electrons. The van der Waals surface area contributed by atoms with Gasteiger partial charge in [0.2, 0.25) is 0 Å². The second-order valence-electron chi connectivity index (χ2n) is 0.167. The van der Waals surface area contributed by atoms with Crippen LogP contribution >= 0.6 is 0 Å². The van der Waals surface area contributed by atoms with E-state index in [4.69, 9.17) is 10.1 Å². The second kappa shape index (κ2) is 16.1. The summed E-state index contributed by atoms with van der Waals surface area (Å²) in [5.74, 6) is 0.